The molecule has 0 saturated carbocycles. The monoisotopic (exact) mass is 336 g/mol. The molecule has 3 rings (SSSR count). The van der Waals surface area contributed by atoms with Crippen LogP contribution >= 0.6 is 0 Å². The average molecular weight is 336 g/mol. The summed E-state index contributed by atoms with van der Waals surface area (Å²) >= 11 is 0. The number of benzene rings is 2. The summed E-state index contributed by atoms with van der Waals surface area (Å²) in [6.07, 6.45) is 3.58. The van der Waals surface area contributed by atoms with E-state index in [1.807, 2.05) is 54.3 Å². The largest absolute Gasteiger partial charge is 0.322 e. The van der Waals surface area contributed by atoms with Crippen LogP contribution in [0.25, 0.3) is 0 Å². The van der Waals surface area contributed by atoms with E-state index in [-0.39, 0.29) is 11.8 Å². The van der Waals surface area contributed by atoms with E-state index in [4.69, 9.17) is 0 Å². The van der Waals surface area contributed by atoms with Gasteiger partial charge < -0.3 is 10.2 Å². The lowest BCUT2D eigenvalue weighted by Crippen LogP contribution is -2.35. The number of hydrogen-bond acceptors (Lipinski definition) is 2. The smallest absolute Gasteiger partial charge is 0.255 e. The first-order valence-electron chi connectivity index (χ1n) is 8.90. The van der Waals surface area contributed by atoms with Crippen molar-refractivity contribution >= 4 is 23.2 Å². The normalized spacial score (nSPS) is 14.5. The molecule has 4 heteroatoms. The van der Waals surface area contributed by atoms with Crippen molar-refractivity contribution in [3.05, 3.63) is 59.2 Å². The van der Waals surface area contributed by atoms with Gasteiger partial charge in [0.1, 0.15) is 0 Å². The number of piperidine rings is 1. The molecule has 1 aliphatic heterocycles. The molecule has 1 aliphatic rings. The third kappa shape index (κ3) is 3.90. The minimum absolute atomic E-state index is 0.121. The maximum atomic E-state index is 12.4. The molecule has 0 unspecified atom stereocenters. The molecule has 1 saturated heterocycles. The van der Waals surface area contributed by atoms with Crippen molar-refractivity contribution in [3.63, 3.8) is 0 Å². The van der Waals surface area contributed by atoms with Crippen molar-refractivity contribution in [2.45, 2.75) is 39.5 Å². The fraction of sp³-hybridized carbons (Fsp3) is 0.333. The second-order valence-electron chi connectivity index (χ2n) is 6.51. The van der Waals surface area contributed by atoms with Crippen LogP contribution in [0.4, 0.5) is 11.4 Å². The van der Waals surface area contributed by atoms with Crippen LogP contribution < -0.4 is 10.2 Å². The second-order valence-corrected chi connectivity index (χ2v) is 6.51. The Morgan fingerprint density at radius 1 is 1.12 bits per heavy atom. The first-order valence-corrected chi connectivity index (χ1v) is 8.90. The Labute approximate surface area is 148 Å². The summed E-state index contributed by atoms with van der Waals surface area (Å²) in [4.78, 5) is 26.3. The van der Waals surface area contributed by atoms with Gasteiger partial charge in [0.15, 0.2) is 0 Å². The van der Waals surface area contributed by atoms with Crippen LogP contribution in [0, 0.1) is 6.92 Å². The molecule has 2 amide bonds. The fourth-order valence-corrected chi connectivity index (χ4v) is 3.19. The molecule has 0 aromatic heterocycles. The average Bonchev–Trinajstić information content (AvgIpc) is 2.63. The van der Waals surface area contributed by atoms with Crippen molar-refractivity contribution in [3.8, 4) is 0 Å². The number of rotatable bonds is 4. The van der Waals surface area contributed by atoms with E-state index >= 15 is 0 Å². The molecule has 1 heterocycles. The van der Waals surface area contributed by atoms with Crippen LogP contribution in [0.5, 0.6) is 0 Å². The van der Waals surface area contributed by atoms with Crippen LogP contribution in [0.15, 0.2) is 42.5 Å². The first kappa shape index (κ1) is 17.2. The molecule has 0 spiro atoms. The zero-order valence-corrected chi connectivity index (χ0v) is 14.8. The lowest BCUT2D eigenvalue weighted by molar-refractivity contribution is -0.119. The number of carbonyl (C=O) groups is 2. The number of aryl methyl sites for hydroxylation is 2. The van der Waals surface area contributed by atoms with Gasteiger partial charge >= 0.3 is 0 Å². The molecule has 0 bridgehead atoms. The molecule has 130 valence electrons. The predicted molar refractivity (Wildman–Crippen MR) is 101 cm³/mol. The van der Waals surface area contributed by atoms with Crippen LogP contribution in [-0.2, 0) is 11.2 Å². The molecule has 2 aromatic rings. The summed E-state index contributed by atoms with van der Waals surface area (Å²) in [7, 11) is 0. The number of nitrogens with one attached hydrogen (secondary N) is 1. The third-order valence-electron chi connectivity index (χ3n) is 4.69. The summed E-state index contributed by atoms with van der Waals surface area (Å²) in [5.74, 6) is 0.0611. The van der Waals surface area contributed by atoms with Crippen LogP contribution in [0.2, 0.25) is 0 Å². The Balaban J connectivity index is 1.73. The Kier molecular flexibility index (Phi) is 5.17. The molecular formula is C21H24N2O2. The summed E-state index contributed by atoms with van der Waals surface area (Å²) in [6.45, 7) is 4.84. The van der Waals surface area contributed by atoms with Crippen LogP contribution in [-0.4, -0.2) is 18.4 Å². The summed E-state index contributed by atoms with van der Waals surface area (Å²) in [5, 5.41) is 2.94. The van der Waals surface area contributed by atoms with Crippen molar-refractivity contribution in [2.24, 2.45) is 0 Å². The Morgan fingerprint density at radius 3 is 2.52 bits per heavy atom. The minimum atomic E-state index is -0.121. The van der Waals surface area contributed by atoms with Gasteiger partial charge in [0.25, 0.3) is 5.91 Å². The second kappa shape index (κ2) is 7.51. The van der Waals surface area contributed by atoms with E-state index < -0.39 is 0 Å². The van der Waals surface area contributed by atoms with Gasteiger partial charge in [-0.25, -0.2) is 0 Å². The standard InChI is InChI=1S/C21H24N2O2/c1-3-16-7-9-17(10-8-16)21(25)22-18-11-12-19(15(2)14-18)23-13-5-4-6-20(23)24/h7-12,14H,3-6,13H2,1-2H3,(H,22,25). The van der Waals surface area contributed by atoms with E-state index in [0.717, 1.165) is 42.7 Å². The van der Waals surface area contributed by atoms with Crippen LogP contribution in [0.3, 0.4) is 0 Å². The van der Waals surface area contributed by atoms with Gasteiger partial charge in [-0.3, -0.25) is 9.59 Å². The molecule has 0 atom stereocenters. The van der Waals surface area contributed by atoms with Crippen molar-refractivity contribution in [2.75, 3.05) is 16.8 Å². The fourth-order valence-electron chi connectivity index (χ4n) is 3.19. The zero-order chi connectivity index (χ0) is 17.8. The lowest BCUT2D eigenvalue weighted by Gasteiger charge is -2.28. The summed E-state index contributed by atoms with van der Waals surface area (Å²) in [5.41, 5.74) is 4.53. The quantitative estimate of drug-likeness (QED) is 0.903. The van der Waals surface area contributed by atoms with Gasteiger partial charge in [-0.1, -0.05) is 19.1 Å². The summed E-state index contributed by atoms with van der Waals surface area (Å²) < 4.78 is 0. The van der Waals surface area contributed by atoms with Gasteiger partial charge in [0.05, 0.1) is 0 Å². The Bertz CT molecular complexity index is 781. The minimum Gasteiger partial charge on any atom is -0.322 e. The maximum absolute atomic E-state index is 12.4. The van der Waals surface area contributed by atoms with E-state index in [1.165, 1.54) is 5.56 Å². The van der Waals surface area contributed by atoms with Gasteiger partial charge in [0, 0.05) is 29.9 Å². The molecule has 2 aromatic carbocycles. The van der Waals surface area contributed by atoms with Crippen molar-refractivity contribution in [1.29, 1.82) is 0 Å². The topological polar surface area (TPSA) is 49.4 Å². The molecular weight excluding hydrogens is 312 g/mol. The Morgan fingerprint density at radius 2 is 1.88 bits per heavy atom. The zero-order valence-electron chi connectivity index (χ0n) is 14.8. The molecule has 1 N–H and O–H groups in total. The van der Waals surface area contributed by atoms with E-state index in [0.29, 0.717) is 12.0 Å². The highest BCUT2D eigenvalue weighted by molar-refractivity contribution is 6.04. The molecule has 25 heavy (non-hydrogen) atoms. The highest BCUT2D eigenvalue weighted by atomic mass is 16.2. The van der Waals surface area contributed by atoms with Gasteiger partial charge in [-0.2, -0.15) is 0 Å². The number of nitrogens with zero attached hydrogens (tertiary/aromatic N) is 1. The highest BCUT2D eigenvalue weighted by Crippen LogP contribution is 2.27. The summed E-state index contributed by atoms with van der Waals surface area (Å²) in [6, 6.07) is 13.4. The van der Waals surface area contributed by atoms with E-state index in [1.54, 1.807) is 0 Å². The number of amides is 2. The molecule has 1 fully saturated rings. The molecule has 0 radical (unpaired) electrons. The van der Waals surface area contributed by atoms with Gasteiger partial charge in [-0.05, 0) is 67.6 Å². The van der Waals surface area contributed by atoms with Crippen molar-refractivity contribution in [1.82, 2.24) is 0 Å². The molecule has 4 nitrogen and oxygen atoms in total. The number of hydrogen-bond donors (Lipinski definition) is 1. The first-order chi connectivity index (χ1) is 12.1. The maximum Gasteiger partial charge on any atom is 0.255 e. The van der Waals surface area contributed by atoms with Gasteiger partial charge in [0.2, 0.25) is 5.91 Å². The SMILES string of the molecule is CCc1ccc(C(=O)Nc2ccc(N3CCCCC3=O)c(C)c2)cc1. The lowest BCUT2D eigenvalue weighted by atomic mass is 10.1. The number of carbonyl (C=O) groups excluding carboxylic acids is 2. The van der Waals surface area contributed by atoms with Gasteiger partial charge in [-0.15, -0.1) is 0 Å². The van der Waals surface area contributed by atoms with Crippen molar-refractivity contribution < 1.29 is 9.59 Å². The predicted octanol–water partition coefficient (Wildman–Crippen LogP) is 4.33. The molecule has 0 aliphatic carbocycles. The number of anilines is 2. The Hall–Kier alpha value is -2.62. The highest BCUT2D eigenvalue weighted by Gasteiger charge is 2.21. The third-order valence-corrected chi connectivity index (χ3v) is 4.69. The van der Waals surface area contributed by atoms with Crippen LogP contribution in [0.1, 0.15) is 47.7 Å². The van der Waals surface area contributed by atoms with E-state index in [2.05, 4.69) is 12.2 Å². The van der Waals surface area contributed by atoms with E-state index in [9.17, 15) is 9.59 Å².